The molecule has 1 aliphatic rings. The Bertz CT molecular complexity index is 667. The molecule has 3 heteroatoms. The molecule has 1 amide bonds. The number of aromatic amines is 1. The molecule has 1 saturated carbocycles. The zero-order valence-electron chi connectivity index (χ0n) is 14.3. The van der Waals surface area contributed by atoms with Gasteiger partial charge in [0.05, 0.1) is 0 Å². The molecule has 1 atom stereocenters. The van der Waals surface area contributed by atoms with Crippen LogP contribution in [0.2, 0.25) is 0 Å². The second-order valence-corrected chi connectivity index (χ2v) is 7.19. The summed E-state index contributed by atoms with van der Waals surface area (Å²) in [6, 6.07) is 6.48. The molecule has 124 valence electrons. The number of H-pyrrole nitrogens is 1. The van der Waals surface area contributed by atoms with Crippen LogP contribution in [-0.2, 0) is 11.2 Å². The standard InChI is InChI=1S/C20H28N2O/c1-14-7-8-18-17(13-22-19(18)11-14)9-10-21-20(23)15(2)12-16-5-3-4-6-16/h7-8,11,13,15-16,22H,3-6,9-10,12H2,1-2H3,(H,21,23). The van der Waals surface area contributed by atoms with Crippen molar-refractivity contribution < 1.29 is 4.79 Å². The van der Waals surface area contributed by atoms with Crippen LogP contribution in [0.3, 0.4) is 0 Å². The van der Waals surface area contributed by atoms with Gasteiger partial charge < -0.3 is 10.3 Å². The fraction of sp³-hybridized carbons (Fsp3) is 0.550. The van der Waals surface area contributed by atoms with E-state index in [1.165, 1.54) is 47.7 Å². The average molecular weight is 312 g/mol. The second-order valence-electron chi connectivity index (χ2n) is 7.19. The first-order chi connectivity index (χ1) is 11.1. The number of carbonyl (C=O) groups is 1. The summed E-state index contributed by atoms with van der Waals surface area (Å²) in [4.78, 5) is 15.6. The van der Waals surface area contributed by atoms with Gasteiger partial charge in [0.2, 0.25) is 5.91 Å². The molecule has 0 saturated heterocycles. The summed E-state index contributed by atoms with van der Waals surface area (Å²) < 4.78 is 0. The van der Waals surface area contributed by atoms with Crippen LogP contribution in [0.15, 0.2) is 24.4 Å². The molecule has 2 N–H and O–H groups in total. The maximum atomic E-state index is 12.2. The molecule has 1 aromatic carbocycles. The zero-order valence-corrected chi connectivity index (χ0v) is 14.3. The van der Waals surface area contributed by atoms with E-state index < -0.39 is 0 Å². The minimum absolute atomic E-state index is 0.142. The Morgan fingerprint density at radius 1 is 1.35 bits per heavy atom. The van der Waals surface area contributed by atoms with Crippen LogP contribution in [-0.4, -0.2) is 17.4 Å². The highest BCUT2D eigenvalue weighted by Gasteiger charge is 2.21. The van der Waals surface area contributed by atoms with Crippen molar-refractivity contribution >= 4 is 16.8 Å². The van der Waals surface area contributed by atoms with E-state index in [-0.39, 0.29) is 11.8 Å². The van der Waals surface area contributed by atoms with Gasteiger partial charge in [-0.3, -0.25) is 4.79 Å². The van der Waals surface area contributed by atoms with Crippen molar-refractivity contribution in [3.63, 3.8) is 0 Å². The van der Waals surface area contributed by atoms with E-state index in [1.54, 1.807) is 0 Å². The Labute approximate surface area is 138 Å². The normalized spacial score (nSPS) is 16.8. The quantitative estimate of drug-likeness (QED) is 0.818. The molecule has 23 heavy (non-hydrogen) atoms. The van der Waals surface area contributed by atoms with Gasteiger partial charge in [0.25, 0.3) is 0 Å². The molecule has 1 unspecified atom stereocenters. The SMILES string of the molecule is Cc1ccc2c(CCNC(=O)C(C)CC3CCCC3)c[nH]c2c1. The van der Waals surface area contributed by atoms with Crippen LogP contribution in [0.4, 0.5) is 0 Å². The van der Waals surface area contributed by atoms with Gasteiger partial charge in [-0.05, 0) is 42.9 Å². The molecule has 1 heterocycles. The zero-order chi connectivity index (χ0) is 16.2. The molecular weight excluding hydrogens is 284 g/mol. The number of hydrogen-bond acceptors (Lipinski definition) is 1. The first kappa shape index (κ1) is 16.1. The van der Waals surface area contributed by atoms with E-state index in [9.17, 15) is 4.79 Å². The van der Waals surface area contributed by atoms with Crippen molar-refractivity contribution in [1.29, 1.82) is 0 Å². The summed E-state index contributed by atoms with van der Waals surface area (Å²) in [6.45, 7) is 4.89. The highest BCUT2D eigenvalue weighted by atomic mass is 16.1. The third-order valence-electron chi connectivity index (χ3n) is 5.23. The maximum absolute atomic E-state index is 12.2. The van der Waals surface area contributed by atoms with Gasteiger partial charge >= 0.3 is 0 Å². The van der Waals surface area contributed by atoms with Crippen molar-refractivity contribution in [3.8, 4) is 0 Å². The van der Waals surface area contributed by atoms with Crippen LogP contribution >= 0.6 is 0 Å². The third-order valence-corrected chi connectivity index (χ3v) is 5.23. The summed E-state index contributed by atoms with van der Waals surface area (Å²) in [7, 11) is 0. The lowest BCUT2D eigenvalue weighted by atomic mass is 9.94. The molecule has 0 bridgehead atoms. The molecule has 0 radical (unpaired) electrons. The Morgan fingerprint density at radius 3 is 2.91 bits per heavy atom. The van der Waals surface area contributed by atoms with Crippen molar-refractivity contribution in [3.05, 3.63) is 35.5 Å². The lowest BCUT2D eigenvalue weighted by Crippen LogP contribution is -2.31. The number of rotatable bonds is 6. The minimum atomic E-state index is 0.142. The smallest absolute Gasteiger partial charge is 0.222 e. The van der Waals surface area contributed by atoms with Crippen molar-refractivity contribution in [2.75, 3.05) is 6.54 Å². The molecule has 3 nitrogen and oxygen atoms in total. The number of amides is 1. The van der Waals surface area contributed by atoms with E-state index in [0.717, 1.165) is 18.8 Å². The van der Waals surface area contributed by atoms with Crippen molar-refractivity contribution in [2.45, 2.75) is 52.4 Å². The number of benzene rings is 1. The monoisotopic (exact) mass is 312 g/mol. The number of carbonyl (C=O) groups excluding carboxylic acids is 1. The summed E-state index contributed by atoms with van der Waals surface area (Å²) in [6.07, 6.45) is 9.32. The summed E-state index contributed by atoms with van der Waals surface area (Å²) in [5.41, 5.74) is 3.73. The lowest BCUT2D eigenvalue weighted by Gasteiger charge is -2.16. The third kappa shape index (κ3) is 3.95. The minimum Gasteiger partial charge on any atom is -0.361 e. The highest BCUT2D eigenvalue weighted by Crippen LogP contribution is 2.30. The van der Waals surface area contributed by atoms with Gasteiger partial charge in [-0.15, -0.1) is 0 Å². The Kier molecular flexibility index (Phi) is 5.04. The molecular formula is C20H28N2O. The second kappa shape index (κ2) is 7.20. The molecule has 0 spiro atoms. The van der Waals surface area contributed by atoms with Crippen LogP contribution < -0.4 is 5.32 Å². The first-order valence-electron chi connectivity index (χ1n) is 8.98. The van der Waals surface area contributed by atoms with Crippen molar-refractivity contribution in [2.24, 2.45) is 11.8 Å². The van der Waals surface area contributed by atoms with E-state index in [2.05, 4.69) is 48.5 Å². The molecule has 1 fully saturated rings. The lowest BCUT2D eigenvalue weighted by molar-refractivity contribution is -0.124. The van der Waals surface area contributed by atoms with Crippen LogP contribution in [0.5, 0.6) is 0 Å². The number of aryl methyl sites for hydroxylation is 1. The topological polar surface area (TPSA) is 44.9 Å². The average Bonchev–Trinajstić information content (AvgIpc) is 3.17. The van der Waals surface area contributed by atoms with Gasteiger partial charge in [0.15, 0.2) is 0 Å². The predicted molar refractivity (Wildman–Crippen MR) is 95.5 cm³/mol. The largest absolute Gasteiger partial charge is 0.361 e. The number of fused-ring (bicyclic) bond motifs is 1. The van der Waals surface area contributed by atoms with Gasteiger partial charge in [-0.2, -0.15) is 0 Å². The van der Waals surface area contributed by atoms with Crippen LogP contribution in [0, 0.1) is 18.8 Å². The van der Waals surface area contributed by atoms with Gasteiger partial charge in [0.1, 0.15) is 0 Å². The number of nitrogens with one attached hydrogen (secondary N) is 2. The Morgan fingerprint density at radius 2 is 2.13 bits per heavy atom. The Hall–Kier alpha value is -1.77. The van der Waals surface area contributed by atoms with E-state index >= 15 is 0 Å². The molecule has 2 aromatic rings. The number of hydrogen-bond donors (Lipinski definition) is 2. The van der Waals surface area contributed by atoms with Gasteiger partial charge in [0, 0.05) is 29.6 Å². The van der Waals surface area contributed by atoms with E-state index in [1.807, 2.05) is 0 Å². The molecule has 1 aliphatic carbocycles. The van der Waals surface area contributed by atoms with Crippen molar-refractivity contribution in [1.82, 2.24) is 10.3 Å². The van der Waals surface area contributed by atoms with Crippen LogP contribution in [0.25, 0.3) is 10.9 Å². The van der Waals surface area contributed by atoms with Gasteiger partial charge in [-0.25, -0.2) is 0 Å². The molecule has 3 rings (SSSR count). The predicted octanol–water partition coefficient (Wildman–Crippen LogP) is 4.35. The summed E-state index contributed by atoms with van der Waals surface area (Å²) >= 11 is 0. The molecule has 1 aromatic heterocycles. The number of aromatic nitrogens is 1. The Balaban J connectivity index is 1.48. The molecule has 0 aliphatic heterocycles. The van der Waals surface area contributed by atoms with Crippen LogP contribution in [0.1, 0.15) is 50.2 Å². The fourth-order valence-electron chi connectivity index (χ4n) is 3.85. The fourth-order valence-corrected chi connectivity index (χ4v) is 3.85. The van der Waals surface area contributed by atoms with Gasteiger partial charge in [-0.1, -0.05) is 44.7 Å². The summed E-state index contributed by atoms with van der Waals surface area (Å²) in [5.74, 6) is 1.13. The highest BCUT2D eigenvalue weighted by molar-refractivity contribution is 5.84. The maximum Gasteiger partial charge on any atom is 0.222 e. The van der Waals surface area contributed by atoms with E-state index in [4.69, 9.17) is 0 Å². The first-order valence-corrected chi connectivity index (χ1v) is 8.98. The summed E-state index contributed by atoms with van der Waals surface area (Å²) in [5, 5.41) is 4.39. The van der Waals surface area contributed by atoms with E-state index in [0.29, 0.717) is 6.54 Å².